The average Bonchev–Trinajstić information content (AvgIpc) is 2.75. The second kappa shape index (κ2) is 7.61. The molecular formula is C26H24NO2+. The number of quaternary nitrogens is 1. The van der Waals surface area contributed by atoms with Gasteiger partial charge in [0.1, 0.15) is 0 Å². The maximum atomic E-state index is 12.4. The number of carbonyl (C=O) groups excluding carboxylic acids is 2. The first kappa shape index (κ1) is 19.0. The minimum atomic E-state index is -0.477. The number of aldehydes is 2. The van der Waals surface area contributed by atoms with Crippen molar-refractivity contribution in [3.8, 4) is 0 Å². The lowest BCUT2D eigenvalue weighted by atomic mass is 9.92. The van der Waals surface area contributed by atoms with Crippen LogP contribution in [0, 0.1) is 0 Å². The number of nitrogens with zero attached hydrogens (tertiary/aromatic N) is 1. The molecule has 2 atom stereocenters. The average molecular weight is 382 g/mol. The van der Waals surface area contributed by atoms with E-state index in [0.29, 0.717) is 0 Å². The van der Waals surface area contributed by atoms with Crippen LogP contribution in [-0.4, -0.2) is 31.2 Å². The van der Waals surface area contributed by atoms with Crippen molar-refractivity contribution in [2.45, 2.75) is 12.1 Å². The second-order valence-corrected chi connectivity index (χ2v) is 7.93. The number of rotatable bonds is 6. The molecule has 0 aromatic heterocycles. The van der Waals surface area contributed by atoms with Crippen LogP contribution in [0.2, 0.25) is 0 Å². The predicted octanol–water partition coefficient (Wildman–Crippen LogP) is 5.25. The van der Waals surface area contributed by atoms with E-state index in [1.165, 1.54) is 0 Å². The Morgan fingerprint density at radius 1 is 0.586 bits per heavy atom. The molecule has 0 fully saturated rings. The lowest BCUT2D eigenvalue weighted by Gasteiger charge is -2.40. The Morgan fingerprint density at radius 2 is 0.966 bits per heavy atom. The third kappa shape index (κ3) is 3.24. The van der Waals surface area contributed by atoms with Gasteiger partial charge in [0, 0.05) is 11.1 Å². The first-order valence-electron chi connectivity index (χ1n) is 9.77. The highest BCUT2D eigenvalue weighted by Crippen LogP contribution is 2.38. The smallest absolute Gasteiger partial charge is 0.182 e. The molecule has 0 amide bonds. The molecule has 3 nitrogen and oxygen atoms in total. The fourth-order valence-electron chi connectivity index (χ4n) is 4.37. The van der Waals surface area contributed by atoms with E-state index < -0.39 is 12.1 Å². The van der Waals surface area contributed by atoms with Crippen LogP contribution in [0.3, 0.4) is 0 Å². The van der Waals surface area contributed by atoms with Crippen LogP contribution in [0.1, 0.15) is 23.2 Å². The zero-order valence-electron chi connectivity index (χ0n) is 16.7. The first-order valence-corrected chi connectivity index (χ1v) is 9.77. The zero-order chi connectivity index (χ0) is 20.4. The van der Waals surface area contributed by atoms with Gasteiger partial charge in [-0.15, -0.1) is 0 Å². The Bertz CT molecular complexity index is 1090. The quantitative estimate of drug-likeness (QED) is 0.337. The molecule has 4 aromatic carbocycles. The van der Waals surface area contributed by atoms with E-state index in [9.17, 15) is 9.59 Å². The number of hydrogen-bond acceptors (Lipinski definition) is 2. The van der Waals surface area contributed by atoms with Gasteiger partial charge in [-0.3, -0.25) is 9.59 Å². The molecule has 0 spiro atoms. The molecule has 4 rings (SSSR count). The molecule has 3 heteroatoms. The van der Waals surface area contributed by atoms with Gasteiger partial charge in [-0.1, -0.05) is 84.9 Å². The summed E-state index contributed by atoms with van der Waals surface area (Å²) in [5.41, 5.74) is 1.88. The van der Waals surface area contributed by atoms with Crippen molar-refractivity contribution in [3.05, 3.63) is 96.1 Å². The highest BCUT2D eigenvalue weighted by atomic mass is 16.1. The van der Waals surface area contributed by atoms with Gasteiger partial charge in [-0.05, 0) is 21.5 Å². The lowest BCUT2D eigenvalue weighted by molar-refractivity contribution is -0.930. The van der Waals surface area contributed by atoms with Crippen LogP contribution >= 0.6 is 0 Å². The van der Waals surface area contributed by atoms with Crippen molar-refractivity contribution in [2.24, 2.45) is 0 Å². The van der Waals surface area contributed by atoms with Crippen LogP contribution < -0.4 is 0 Å². The van der Waals surface area contributed by atoms with E-state index in [4.69, 9.17) is 0 Å². The summed E-state index contributed by atoms with van der Waals surface area (Å²) in [5.74, 6) is 0. The summed E-state index contributed by atoms with van der Waals surface area (Å²) in [6.45, 7) is 0. The van der Waals surface area contributed by atoms with Crippen molar-refractivity contribution >= 4 is 34.1 Å². The number of fused-ring (bicyclic) bond motifs is 2. The maximum absolute atomic E-state index is 12.4. The van der Waals surface area contributed by atoms with Gasteiger partial charge in [-0.2, -0.15) is 0 Å². The Hall–Kier alpha value is -3.30. The third-order valence-electron chi connectivity index (χ3n) is 5.98. The molecule has 0 radical (unpaired) electrons. The van der Waals surface area contributed by atoms with Gasteiger partial charge in [0.15, 0.2) is 24.7 Å². The summed E-state index contributed by atoms with van der Waals surface area (Å²) in [6.07, 6.45) is 1.95. The van der Waals surface area contributed by atoms with Crippen molar-refractivity contribution in [1.82, 2.24) is 0 Å². The van der Waals surface area contributed by atoms with Crippen LogP contribution in [0.15, 0.2) is 84.9 Å². The maximum Gasteiger partial charge on any atom is 0.182 e. The number of likely N-dealkylation sites (N-methyl/N-ethyl adjacent to an activating group) is 1. The molecule has 0 N–H and O–H groups in total. The first-order chi connectivity index (χ1) is 14.1. The van der Waals surface area contributed by atoms with E-state index in [1.54, 1.807) is 0 Å². The topological polar surface area (TPSA) is 34.1 Å². The summed E-state index contributed by atoms with van der Waals surface area (Å²) in [5, 5.41) is 4.26. The molecule has 0 saturated carbocycles. The highest BCUT2D eigenvalue weighted by molar-refractivity contribution is 5.89. The van der Waals surface area contributed by atoms with Crippen molar-refractivity contribution < 1.29 is 14.1 Å². The molecule has 0 saturated heterocycles. The van der Waals surface area contributed by atoms with E-state index in [-0.39, 0.29) is 4.48 Å². The largest absolute Gasteiger partial charge is 0.304 e. The van der Waals surface area contributed by atoms with Gasteiger partial charge in [0.25, 0.3) is 0 Å². The second-order valence-electron chi connectivity index (χ2n) is 7.93. The SMILES string of the molecule is C[N+](C)(C(C=O)c1cccc2ccccc12)C(C=O)c1cccc2ccccc12. The van der Waals surface area contributed by atoms with E-state index in [2.05, 4.69) is 0 Å². The highest BCUT2D eigenvalue weighted by Gasteiger charge is 2.39. The molecule has 0 aliphatic rings. The Balaban J connectivity index is 1.88. The van der Waals surface area contributed by atoms with E-state index >= 15 is 0 Å². The van der Waals surface area contributed by atoms with Gasteiger partial charge >= 0.3 is 0 Å². The monoisotopic (exact) mass is 382 g/mol. The van der Waals surface area contributed by atoms with Gasteiger partial charge < -0.3 is 4.48 Å². The lowest BCUT2D eigenvalue weighted by Crippen LogP contribution is -2.47. The fraction of sp³-hybridized carbons (Fsp3) is 0.154. The molecule has 0 aliphatic carbocycles. The third-order valence-corrected chi connectivity index (χ3v) is 5.98. The summed E-state index contributed by atoms with van der Waals surface area (Å²) in [4.78, 5) is 24.8. The minimum Gasteiger partial charge on any atom is -0.304 e. The molecule has 4 aromatic rings. The number of hydrogen-bond donors (Lipinski definition) is 0. The number of benzene rings is 4. The predicted molar refractivity (Wildman–Crippen MR) is 118 cm³/mol. The fourth-order valence-corrected chi connectivity index (χ4v) is 4.37. The Kier molecular flexibility index (Phi) is 4.99. The summed E-state index contributed by atoms with van der Waals surface area (Å²) in [6, 6.07) is 27.2. The summed E-state index contributed by atoms with van der Waals surface area (Å²) in [7, 11) is 3.92. The van der Waals surface area contributed by atoms with E-state index in [0.717, 1.165) is 45.2 Å². The minimum absolute atomic E-state index is 0.217. The molecular weight excluding hydrogens is 358 g/mol. The van der Waals surface area contributed by atoms with Crippen LogP contribution in [0.25, 0.3) is 21.5 Å². The molecule has 0 aliphatic heterocycles. The standard InChI is InChI=1S/C26H24NO2/c1-27(2,25(17-28)23-15-7-11-19-9-3-5-13-21(19)23)26(18-29)24-16-8-12-20-10-4-6-14-22(20)24/h3-18,25-26H,1-2H3/q+1. The normalized spacial score (nSPS) is 13.9. The summed E-state index contributed by atoms with van der Waals surface area (Å²) >= 11 is 0. The molecule has 144 valence electrons. The zero-order valence-corrected chi connectivity index (χ0v) is 16.7. The number of carbonyl (C=O) groups is 2. The van der Waals surface area contributed by atoms with Crippen LogP contribution in [0.4, 0.5) is 0 Å². The Morgan fingerprint density at radius 3 is 1.38 bits per heavy atom. The van der Waals surface area contributed by atoms with Gasteiger partial charge in [0.2, 0.25) is 0 Å². The van der Waals surface area contributed by atoms with Crippen molar-refractivity contribution in [3.63, 3.8) is 0 Å². The van der Waals surface area contributed by atoms with E-state index in [1.807, 2.05) is 99.0 Å². The molecule has 0 heterocycles. The molecule has 2 unspecified atom stereocenters. The Labute approximate surface area is 170 Å². The molecule has 29 heavy (non-hydrogen) atoms. The summed E-state index contributed by atoms with van der Waals surface area (Å²) < 4.78 is 0.217. The van der Waals surface area contributed by atoms with Crippen LogP contribution in [-0.2, 0) is 9.59 Å². The van der Waals surface area contributed by atoms with Crippen molar-refractivity contribution in [2.75, 3.05) is 14.1 Å². The van der Waals surface area contributed by atoms with Crippen molar-refractivity contribution in [1.29, 1.82) is 0 Å². The van der Waals surface area contributed by atoms with Gasteiger partial charge in [-0.25, -0.2) is 0 Å². The van der Waals surface area contributed by atoms with Gasteiger partial charge in [0.05, 0.1) is 14.1 Å². The van der Waals surface area contributed by atoms with Crippen LogP contribution in [0.5, 0.6) is 0 Å². The molecule has 0 bridgehead atoms.